The van der Waals surface area contributed by atoms with Gasteiger partial charge in [0.1, 0.15) is 12.4 Å². The molecule has 0 heterocycles. The van der Waals surface area contributed by atoms with Gasteiger partial charge < -0.3 is 14.9 Å². The third-order valence-electron chi connectivity index (χ3n) is 2.68. The molecule has 19 heavy (non-hydrogen) atoms. The Kier molecular flexibility index (Phi) is 4.15. The molecule has 4 nitrogen and oxygen atoms in total. The van der Waals surface area contributed by atoms with Crippen LogP contribution in [0.1, 0.15) is 17.2 Å². The largest absolute Gasteiger partial charge is 0.489 e. The zero-order valence-corrected chi connectivity index (χ0v) is 10.2. The topological polar surface area (TPSA) is 66.8 Å². The van der Waals surface area contributed by atoms with E-state index in [1.165, 1.54) is 0 Å². The molecule has 0 saturated heterocycles. The van der Waals surface area contributed by atoms with Gasteiger partial charge in [0, 0.05) is 5.56 Å². The number of aliphatic hydroxyl groups excluding tert-OH is 1. The molecule has 1 atom stereocenters. The average molecular weight is 258 g/mol. The lowest BCUT2D eigenvalue weighted by atomic mass is 10.1. The lowest BCUT2D eigenvalue weighted by Crippen LogP contribution is -2.12. The Balaban J connectivity index is 2.14. The van der Waals surface area contributed by atoms with Gasteiger partial charge in [-0.2, -0.15) is 0 Å². The Morgan fingerprint density at radius 3 is 2.37 bits per heavy atom. The van der Waals surface area contributed by atoms with Crippen molar-refractivity contribution in [3.8, 4) is 5.75 Å². The van der Waals surface area contributed by atoms with Crippen LogP contribution in [0.4, 0.5) is 0 Å². The van der Waals surface area contributed by atoms with Crippen molar-refractivity contribution < 1.29 is 19.7 Å². The van der Waals surface area contributed by atoms with Crippen LogP contribution in [0.2, 0.25) is 0 Å². The maximum atomic E-state index is 10.8. The molecule has 0 fully saturated rings. The van der Waals surface area contributed by atoms with Crippen LogP contribution < -0.4 is 4.74 Å². The number of aliphatic hydroxyl groups is 1. The lowest BCUT2D eigenvalue weighted by molar-refractivity contribution is -0.147. The second-order valence-corrected chi connectivity index (χ2v) is 4.05. The summed E-state index contributed by atoms with van der Waals surface area (Å²) in [5.74, 6) is -0.919. The summed E-state index contributed by atoms with van der Waals surface area (Å²) in [4.78, 5) is 10.8. The minimum absolute atomic E-state index is 0.255. The molecule has 0 aliphatic carbocycles. The first-order valence-corrected chi connectivity index (χ1v) is 5.85. The van der Waals surface area contributed by atoms with Crippen LogP contribution in [0.15, 0.2) is 54.6 Å². The summed E-state index contributed by atoms with van der Waals surface area (Å²) in [5.41, 5.74) is 1.23. The Hall–Kier alpha value is -2.33. The minimum atomic E-state index is -1.58. The number of aliphatic carboxylic acids is 1. The van der Waals surface area contributed by atoms with Gasteiger partial charge in [-0.05, 0) is 11.6 Å². The Morgan fingerprint density at radius 1 is 1.05 bits per heavy atom. The predicted octanol–water partition coefficient (Wildman–Crippen LogP) is 2.38. The fourth-order valence-corrected chi connectivity index (χ4v) is 1.71. The van der Waals surface area contributed by atoms with Crippen molar-refractivity contribution in [2.75, 3.05) is 0 Å². The van der Waals surface area contributed by atoms with Gasteiger partial charge in [-0.15, -0.1) is 0 Å². The highest BCUT2D eigenvalue weighted by Gasteiger charge is 2.19. The van der Waals surface area contributed by atoms with Gasteiger partial charge >= 0.3 is 5.97 Å². The van der Waals surface area contributed by atoms with Crippen LogP contribution in [0.3, 0.4) is 0 Å². The molecular weight excluding hydrogens is 244 g/mol. The smallest absolute Gasteiger partial charge is 0.337 e. The molecule has 2 N–H and O–H groups in total. The zero-order chi connectivity index (χ0) is 13.7. The van der Waals surface area contributed by atoms with Crippen molar-refractivity contribution in [1.82, 2.24) is 0 Å². The van der Waals surface area contributed by atoms with Crippen molar-refractivity contribution in [1.29, 1.82) is 0 Å². The van der Waals surface area contributed by atoms with E-state index in [-0.39, 0.29) is 5.56 Å². The van der Waals surface area contributed by atoms with E-state index in [4.69, 9.17) is 9.84 Å². The first-order valence-electron chi connectivity index (χ1n) is 5.85. The Bertz CT molecular complexity index is 551. The summed E-state index contributed by atoms with van der Waals surface area (Å²) in [5, 5.41) is 18.4. The number of ether oxygens (including phenoxy) is 1. The number of carbonyl (C=O) groups is 1. The molecule has 0 saturated carbocycles. The van der Waals surface area contributed by atoms with Crippen LogP contribution in [-0.2, 0) is 11.4 Å². The first-order chi connectivity index (χ1) is 9.18. The molecule has 2 rings (SSSR count). The fraction of sp³-hybridized carbons (Fsp3) is 0.133. The van der Waals surface area contributed by atoms with E-state index in [1.54, 1.807) is 24.3 Å². The van der Waals surface area contributed by atoms with Gasteiger partial charge in [-0.25, -0.2) is 4.79 Å². The van der Waals surface area contributed by atoms with Gasteiger partial charge in [-0.1, -0.05) is 48.5 Å². The lowest BCUT2D eigenvalue weighted by Gasteiger charge is -2.13. The summed E-state index contributed by atoms with van der Waals surface area (Å²) in [7, 11) is 0. The molecule has 0 bridgehead atoms. The van der Waals surface area contributed by atoms with E-state index in [0.717, 1.165) is 5.56 Å². The molecule has 0 amide bonds. The van der Waals surface area contributed by atoms with E-state index in [9.17, 15) is 9.90 Å². The monoisotopic (exact) mass is 258 g/mol. The van der Waals surface area contributed by atoms with Crippen molar-refractivity contribution >= 4 is 5.97 Å². The fourth-order valence-electron chi connectivity index (χ4n) is 1.71. The van der Waals surface area contributed by atoms with Gasteiger partial charge in [-0.3, -0.25) is 0 Å². The van der Waals surface area contributed by atoms with Gasteiger partial charge in [0.15, 0.2) is 6.10 Å². The van der Waals surface area contributed by atoms with Crippen molar-refractivity contribution in [2.24, 2.45) is 0 Å². The molecule has 4 heteroatoms. The number of carboxylic acids is 1. The molecular formula is C15H14O4. The van der Waals surface area contributed by atoms with E-state index < -0.39 is 12.1 Å². The van der Waals surface area contributed by atoms with Gasteiger partial charge in [0.25, 0.3) is 0 Å². The molecule has 0 radical (unpaired) electrons. The second kappa shape index (κ2) is 6.02. The predicted molar refractivity (Wildman–Crippen MR) is 69.8 cm³/mol. The highest BCUT2D eigenvalue weighted by molar-refractivity contribution is 5.75. The maximum Gasteiger partial charge on any atom is 0.337 e. The zero-order valence-electron chi connectivity index (χ0n) is 10.2. The second-order valence-electron chi connectivity index (χ2n) is 4.05. The average Bonchev–Trinajstić information content (AvgIpc) is 2.45. The molecule has 0 spiro atoms. The number of benzene rings is 2. The highest BCUT2D eigenvalue weighted by Crippen LogP contribution is 2.25. The quantitative estimate of drug-likeness (QED) is 0.864. The van der Waals surface area contributed by atoms with Crippen LogP contribution in [0, 0.1) is 0 Å². The number of hydrogen-bond acceptors (Lipinski definition) is 3. The van der Waals surface area contributed by atoms with Crippen molar-refractivity contribution in [2.45, 2.75) is 12.7 Å². The Labute approximate surface area is 110 Å². The molecule has 0 aliphatic heterocycles. The molecule has 0 aromatic heterocycles. The van der Waals surface area contributed by atoms with Crippen molar-refractivity contribution in [3.63, 3.8) is 0 Å². The van der Waals surface area contributed by atoms with Gasteiger partial charge in [0.05, 0.1) is 0 Å². The molecule has 98 valence electrons. The number of rotatable bonds is 5. The van der Waals surface area contributed by atoms with Crippen LogP contribution in [0.25, 0.3) is 0 Å². The third kappa shape index (κ3) is 3.33. The molecule has 2 aromatic carbocycles. The number of para-hydroxylation sites is 1. The minimum Gasteiger partial charge on any atom is -0.489 e. The number of hydrogen-bond donors (Lipinski definition) is 2. The van der Waals surface area contributed by atoms with Crippen molar-refractivity contribution in [3.05, 3.63) is 65.7 Å². The van der Waals surface area contributed by atoms with E-state index in [1.807, 2.05) is 30.3 Å². The molecule has 0 unspecified atom stereocenters. The van der Waals surface area contributed by atoms with Crippen LogP contribution in [-0.4, -0.2) is 16.2 Å². The SMILES string of the molecule is O=C(O)[C@H](O)c1ccccc1OCc1ccccc1. The van der Waals surface area contributed by atoms with E-state index in [2.05, 4.69) is 0 Å². The summed E-state index contributed by atoms with van der Waals surface area (Å²) in [6.45, 7) is 0.324. The summed E-state index contributed by atoms with van der Waals surface area (Å²) in [6.07, 6.45) is -1.58. The Morgan fingerprint density at radius 2 is 1.68 bits per heavy atom. The third-order valence-corrected chi connectivity index (χ3v) is 2.68. The maximum absolute atomic E-state index is 10.8. The van der Waals surface area contributed by atoms with E-state index in [0.29, 0.717) is 12.4 Å². The standard InChI is InChI=1S/C15H14O4/c16-14(15(17)18)12-8-4-5-9-13(12)19-10-11-6-2-1-3-7-11/h1-9,14,16H,10H2,(H,17,18)/t14-/m1/s1. The summed E-state index contributed by atoms with van der Waals surface area (Å²) < 4.78 is 5.57. The number of carboxylic acid groups (broad SMARTS) is 1. The highest BCUT2D eigenvalue weighted by atomic mass is 16.5. The summed E-state index contributed by atoms with van der Waals surface area (Å²) >= 11 is 0. The molecule has 2 aromatic rings. The van der Waals surface area contributed by atoms with Gasteiger partial charge in [0.2, 0.25) is 0 Å². The normalized spacial score (nSPS) is 11.8. The molecule has 0 aliphatic rings. The van der Waals surface area contributed by atoms with Crippen LogP contribution >= 0.6 is 0 Å². The van der Waals surface area contributed by atoms with E-state index >= 15 is 0 Å². The summed E-state index contributed by atoms with van der Waals surface area (Å²) in [6, 6.07) is 16.1. The van der Waals surface area contributed by atoms with Crippen LogP contribution in [0.5, 0.6) is 5.75 Å². The first kappa shape index (κ1) is 13.1.